The molecule has 0 radical (unpaired) electrons. The van der Waals surface area contributed by atoms with E-state index in [2.05, 4.69) is 54.3 Å². The van der Waals surface area contributed by atoms with Crippen molar-refractivity contribution >= 4 is 5.97 Å². The van der Waals surface area contributed by atoms with E-state index in [1.807, 2.05) is 10.9 Å². The number of aliphatic carboxylic acids is 1. The van der Waals surface area contributed by atoms with Crippen LogP contribution in [0.4, 0.5) is 0 Å². The molecule has 3 atom stereocenters. The smallest absolute Gasteiger partial charge is 0.307 e. The highest BCUT2D eigenvalue weighted by molar-refractivity contribution is 5.74. The number of likely N-dealkylation sites (tertiary alicyclic amines) is 1. The van der Waals surface area contributed by atoms with E-state index in [0.717, 1.165) is 25.3 Å². The number of rotatable bonds is 5. The topological polar surface area (TPSA) is 58.4 Å². The van der Waals surface area contributed by atoms with Gasteiger partial charge in [0.1, 0.15) is 0 Å². The van der Waals surface area contributed by atoms with Crippen LogP contribution in [0, 0.1) is 17.8 Å². The fourth-order valence-corrected chi connectivity index (χ4v) is 3.96. The van der Waals surface area contributed by atoms with Crippen molar-refractivity contribution in [2.24, 2.45) is 17.8 Å². The molecule has 2 fully saturated rings. The molecule has 5 heteroatoms. The van der Waals surface area contributed by atoms with Crippen LogP contribution < -0.4 is 0 Å². The maximum atomic E-state index is 11.0. The number of hydrogen-bond donors (Lipinski definition) is 1. The van der Waals surface area contributed by atoms with E-state index in [1.54, 1.807) is 0 Å². The van der Waals surface area contributed by atoms with Crippen molar-refractivity contribution < 1.29 is 9.90 Å². The monoisotopic (exact) mass is 325 g/mol. The summed E-state index contributed by atoms with van der Waals surface area (Å²) in [5.74, 6) is 0.538. The van der Waals surface area contributed by atoms with Gasteiger partial charge in [0.15, 0.2) is 0 Å². The fraction of sp³-hybridized carbons (Fsp3) is 0.474. The molecule has 0 bridgehead atoms. The summed E-state index contributed by atoms with van der Waals surface area (Å²) in [5, 5.41) is 13.6. The molecule has 24 heavy (non-hydrogen) atoms. The number of carboxylic acids is 1. The Hall–Kier alpha value is -2.14. The van der Waals surface area contributed by atoms with Gasteiger partial charge in [0.25, 0.3) is 0 Å². The molecule has 1 saturated carbocycles. The molecular formula is C19H23N3O2. The van der Waals surface area contributed by atoms with Crippen molar-refractivity contribution in [2.75, 3.05) is 13.1 Å². The second-order valence-electron chi connectivity index (χ2n) is 7.43. The average molecular weight is 325 g/mol. The van der Waals surface area contributed by atoms with Gasteiger partial charge in [-0.25, -0.2) is 4.68 Å². The molecule has 1 saturated heterocycles. The summed E-state index contributed by atoms with van der Waals surface area (Å²) >= 11 is 0. The maximum absolute atomic E-state index is 11.0. The molecule has 4 rings (SSSR count). The Morgan fingerprint density at radius 2 is 1.92 bits per heavy atom. The van der Waals surface area contributed by atoms with Crippen molar-refractivity contribution in [1.82, 2.24) is 14.7 Å². The number of nitrogens with zero attached hydrogens (tertiary/aromatic N) is 3. The highest BCUT2D eigenvalue weighted by Crippen LogP contribution is 2.51. The standard InChI is InChI=1S/C19H23N3O2/c1-12(2)14-3-5-15(6-4-14)22-9-13(7-20-22)8-21-10-16-17(11-21)18(16)19(23)24/h3-7,9,12,16-18H,8,10-11H2,1-2H3,(H,23,24)/t16-,17+,18?. The van der Waals surface area contributed by atoms with Gasteiger partial charge in [0, 0.05) is 31.4 Å². The summed E-state index contributed by atoms with van der Waals surface area (Å²) < 4.78 is 1.91. The van der Waals surface area contributed by atoms with Crippen molar-refractivity contribution in [1.29, 1.82) is 0 Å². The van der Waals surface area contributed by atoms with Gasteiger partial charge in [0.2, 0.25) is 0 Å². The van der Waals surface area contributed by atoms with Gasteiger partial charge in [-0.2, -0.15) is 5.10 Å². The third-order valence-electron chi connectivity index (χ3n) is 5.42. The molecule has 1 aliphatic heterocycles. The predicted molar refractivity (Wildman–Crippen MR) is 91.0 cm³/mol. The Balaban J connectivity index is 1.38. The van der Waals surface area contributed by atoms with Gasteiger partial charge < -0.3 is 5.11 Å². The van der Waals surface area contributed by atoms with Crippen molar-refractivity contribution in [3.8, 4) is 5.69 Å². The molecule has 1 unspecified atom stereocenters. The lowest BCUT2D eigenvalue weighted by molar-refractivity contribution is -0.139. The zero-order valence-corrected chi connectivity index (χ0v) is 14.1. The Kier molecular flexibility index (Phi) is 3.68. The molecule has 2 aliphatic rings. The minimum absolute atomic E-state index is 0.0940. The third-order valence-corrected chi connectivity index (χ3v) is 5.42. The number of benzene rings is 1. The van der Waals surface area contributed by atoms with E-state index in [-0.39, 0.29) is 5.92 Å². The van der Waals surface area contributed by atoms with E-state index < -0.39 is 5.97 Å². The zero-order valence-electron chi connectivity index (χ0n) is 14.1. The molecular weight excluding hydrogens is 302 g/mol. The largest absolute Gasteiger partial charge is 0.481 e. The number of hydrogen-bond acceptors (Lipinski definition) is 3. The molecule has 1 aromatic heterocycles. The number of aromatic nitrogens is 2. The van der Waals surface area contributed by atoms with Crippen LogP contribution in [0.15, 0.2) is 36.7 Å². The molecule has 0 amide bonds. The minimum atomic E-state index is -0.623. The molecule has 2 heterocycles. The Labute approximate surface area is 141 Å². The van der Waals surface area contributed by atoms with Crippen LogP contribution in [0.2, 0.25) is 0 Å². The van der Waals surface area contributed by atoms with Gasteiger partial charge in [-0.3, -0.25) is 9.69 Å². The van der Waals surface area contributed by atoms with Crippen molar-refractivity contribution in [3.05, 3.63) is 47.8 Å². The number of piperidine rings is 1. The highest BCUT2D eigenvalue weighted by Gasteiger charge is 2.59. The third kappa shape index (κ3) is 2.73. The summed E-state index contributed by atoms with van der Waals surface area (Å²) in [6, 6.07) is 8.52. The van der Waals surface area contributed by atoms with E-state index >= 15 is 0 Å². The van der Waals surface area contributed by atoms with Crippen LogP contribution >= 0.6 is 0 Å². The van der Waals surface area contributed by atoms with Crippen LogP contribution in [0.1, 0.15) is 30.9 Å². The molecule has 0 spiro atoms. The van der Waals surface area contributed by atoms with E-state index in [0.29, 0.717) is 17.8 Å². The second kappa shape index (κ2) is 5.74. The summed E-state index contributed by atoms with van der Waals surface area (Å²) in [5.41, 5.74) is 3.58. The van der Waals surface area contributed by atoms with E-state index in [4.69, 9.17) is 5.11 Å². The summed E-state index contributed by atoms with van der Waals surface area (Å²) in [6.07, 6.45) is 3.98. The first-order valence-electron chi connectivity index (χ1n) is 8.62. The average Bonchev–Trinajstić information content (AvgIpc) is 2.88. The first kappa shape index (κ1) is 15.4. The van der Waals surface area contributed by atoms with Gasteiger partial charge in [-0.1, -0.05) is 26.0 Å². The predicted octanol–water partition coefficient (Wildman–Crippen LogP) is 2.76. The second-order valence-corrected chi connectivity index (χ2v) is 7.43. The van der Waals surface area contributed by atoms with Crippen molar-refractivity contribution in [2.45, 2.75) is 26.3 Å². The highest BCUT2D eigenvalue weighted by atomic mass is 16.4. The van der Waals surface area contributed by atoms with Crippen LogP contribution in [0.5, 0.6) is 0 Å². The van der Waals surface area contributed by atoms with Gasteiger partial charge in [0.05, 0.1) is 17.8 Å². The van der Waals surface area contributed by atoms with E-state index in [9.17, 15) is 4.79 Å². The summed E-state index contributed by atoms with van der Waals surface area (Å²) in [6.45, 7) is 7.03. The Morgan fingerprint density at radius 1 is 1.25 bits per heavy atom. The quantitative estimate of drug-likeness (QED) is 0.918. The van der Waals surface area contributed by atoms with Crippen molar-refractivity contribution in [3.63, 3.8) is 0 Å². The van der Waals surface area contributed by atoms with Gasteiger partial charge >= 0.3 is 5.97 Å². The molecule has 1 aromatic carbocycles. The Bertz CT molecular complexity index is 738. The summed E-state index contributed by atoms with van der Waals surface area (Å²) in [7, 11) is 0. The normalized spacial score (nSPS) is 25.9. The lowest BCUT2D eigenvalue weighted by Gasteiger charge is -2.17. The van der Waals surface area contributed by atoms with E-state index in [1.165, 1.54) is 11.1 Å². The first-order chi connectivity index (χ1) is 11.5. The van der Waals surface area contributed by atoms with Crippen LogP contribution in [-0.4, -0.2) is 38.8 Å². The minimum Gasteiger partial charge on any atom is -0.481 e. The molecule has 126 valence electrons. The maximum Gasteiger partial charge on any atom is 0.307 e. The lowest BCUT2D eigenvalue weighted by Crippen LogP contribution is -2.25. The van der Waals surface area contributed by atoms with Gasteiger partial charge in [-0.05, 0) is 35.4 Å². The molecule has 1 aliphatic carbocycles. The molecule has 2 aromatic rings. The number of fused-ring (bicyclic) bond motifs is 1. The Morgan fingerprint density at radius 3 is 2.50 bits per heavy atom. The fourth-order valence-electron chi connectivity index (χ4n) is 3.96. The molecule has 5 nitrogen and oxygen atoms in total. The number of carboxylic acid groups (broad SMARTS) is 1. The lowest BCUT2D eigenvalue weighted by atomic mass is 10.0. The molecule has 1 N–H and O–H groups in total. The number of carbonyl (C=O) groups is 1. The van der Waals surface area contributed by atoms with Gasteiger partial charge in [-0.15, -0.1) is 0 Å². The SMILES string of the molecule is CC(C)c1ccc(-n2cc(CN3C[C@@H]4C(C(=O)O)[C@@H]4C3)cn2)cc1. The van der Waals surface area contributed by atoms with Crippen LogP contribution in [-0.2, 0) is 11.3 Å². The summed E-state index contributed by atoms with van der Waals surface area (Å²) in [4.78, 5) is 13.4. The van der Waals surface area contributed by atoms with Crippen LogP contribution in [0.25, 0.3) is 5.69 Å². The zero-order chi connectivity index (χ0) is 16.8. The van der Waals surface area contributed by atoms with Crippen LogP contribution in [0.3, 0.4) is 0 Å². The first-order valence-corrected chi connectivity index (χ1v) is 8.62.